The monoisotopic (exact) mass is 224 g/mol. The molecule has 0 heterocycles. The van der Waals surface area contributed by atoms with Gasteiger partial charge in [0, 0.05) is 11.4 Å². The first-order valence-corrected chi connectivity index (χ1v) is 4.11. The summed E-state index contributed by atoms with van der Waals surface area (Å²) in [6.45, 7) is 2.75. The van der Waals surface area contributed by atoms with Gasteiger partial charge in [0.1, 0.15) is 5.57 Å². The Morgan fingerprint density at radius 2 is 1.44 bits per heavy atom. The number of aliphatic carboxylic acids is 2. The standard InChI is InChI=1S/C6H8N2.C4H4O4/c7-5-2-1-3-6(8)4-5;1-2(3(5)6)4(7)8/h1-4H,7-8H2;1H2,(H,5,6)(H,7,8). The third kappa shape index (κ3) is 5.28. The maximum absolute atomic E-state index is 9.66. The van der Waals surface area contributed by atoms with E-state index in [1.54, 1.807) is 18.2 Å². The minimum atomic E-state index is -1.50. The first-order chi connectivity index (χ1) is 7.34. The van der Waals surface area contributed by atoms with E-state index in [-0.39, 0.29) is 0 Å². The normalized spacial score (nSPS) is 8.50. The molecule has 0 bridgehead atoms. The summed E-state index contributed by atoms with van der Waals surface area (Å²) in [4.78, 5) is 19.3. The molecule has 16 heavy (non-hydrogen) atoms. The van der Waals surface area contributed by atoms with Crippen LogP contribution in [0.4, 0.5) is 11.4 Å². The van der Waals surface area contributed by atoms with E-state index in [0.29, 0.717) is 11.4 Å². The van der Waals surface area contributed by atoms with Gasteiger partial charge in [-0.05, 0) is 18.2 Å². The number of nitrogen functional groups attached to an aromatic ring is 2. The summed E-state index contributed by atoms with van der Waals surface area (Å²) in [6.07, 6.45) is 0. The van der Waals surface area contributed by atoms with Crippen LogP contribution in [-0.2, 0) is 9.59 Å². The van der Waals surface area contributed by atoms with Gasteiger partial charge in [0.05, 0.1) is 0 Å². The second-order valence-corrected chi connectivity index (χ2v) is 2.76. The molecular formula is C10H12N2O4. The molecule has 1 aromatic carbocycles. The molecule has 0 unspecified atom stereocenters. The number of hydrogen-bond donors (Lipinski definition) is 4. The first kappa shape index (κ1) is 13.5. The van der Waals surface area contributed by atoms with Crippen LogP contribution in [0, 0.1) is 0 Å². The lowest BCUT2D eigenvalue weighted by Crippen LogP contribution is -2.08. The highest BCUT2D eigenvalue weighted by atomic mass is 16.4. The Hall–Kier alpha value is -2.50. The molecule has 6 heteroatoms. The van der Waals surface area contributed by atoms with Gasteiger partial charge in [-0.3, -0.25) is 0 Å². The van der Waals surface area contributed by atoms with E-state index < -0.39 is 17.5 Å². The fourth-order valence-corrected chi connectivity index (χ4v) is 0.650. The molecule has 0 aromatic heterocycles. The highest BCUT2D eigenvalue weighted by molar-refractivity contribution is 6.11. The van der Waals surface area contributed by atoms with Crippen LogP contribution in [-0.4, -0.2) is 22.2 Å². The lowest BCUT2D eigenvalue weighted by molar-refractivity contribution is -0.140. The van der Waals surface area contributed by atoms with Crippen LogP contribution < -0.4 is 11.5 Å². The topological polar surface area (TPSA) is 127 Å². The molecule has 1 rings (SSSR count). The first-order valence-electron chi connectivity index (χ1n) is 4.11. The lowest BCUT2D eigenvalue weighted by atomic mass is 10.3. The van der Waals surface area contributed by atoms with Gasteiger partial charge < -0.3 is 21.7 Å². The van der Waals surface area contributed by atoms with Gasteiger partial charge in [-0.2, -0.15) is 0 Å². The Morgan fingerprint density at radius 3 is 1.56 bits per heavy atom. The second-order valence-electron chi connectivity index (χ2n) is 2.76. The maximum atomic E-state index is 9.66. The average molecular weight is 224 g/mol. The minimum absolute atomic E-state index is 0.713. The Labute approximate surface area is 91.8 Å². The zero-order valence-electron chi connectivity index (χ0n) is 8.38. The lowest BCUT2D eigenvalue weighted by Gasteiger charge is -1.91. The molecule has 0 radical (unpaired) electrons. The van der Waals surface area contributed by atoms with Crippen molar-refractivity contribution in [2.45, 2.75) is 0 Å². The smallest absolute Gasteiger partial charge is 0.342 e. The molecule has 0 saturated carbocycles. The summed E-state index contributed by atoms with van der Waals surface area (Å²) in [5, 5.41) is 15.7. The fraction of sp³-hybridized carbons (Fsp3) is 0. The largest absolute Gasteiger partial charge is 0.477 e. The van der Waals surface area contributed by atoms with E-state index in [4.69, 9.17) is 21.7 Å². The number of hydrogen-bond acceptors (Lipinski definition) is 4. The predicted octanol–water partition coefficient (Wildman–Crippen LogP) is 0.563. The van der Waals surface area contributed by atoms with Crippen LogP contribution in [0.1, 0.15) is 0 Å². The molecule has 6 nitrogen and oxygen atoms in total. The summed E-state index contributed by atoms with van der Waals surface area (Å²) in [7, 11) is 0. The van der Waals surface area contributed by atoms with Crippen molar-refractivity contribution in [3.63, 3.8) is 0 Å². The molecule has 0 fully saturated rings. The second kappa shape index (κ2) is 6.07. The van der Waals surface area contributed by atoms with Crippen LogP contribution in [0.5, 0.6) is 0 Å². The predicted molar refractivity (Wildman–Crippen MR) is 59.7 cm³/mol. The Kier molecular flexibility index (Phi) is 5.12. The number of nitrogens with two attached hydrogens (primary N) is 2. The minimum Gasteiger partial charge on any atom is -0.477 e. The molecule has 0 aliphatic heterocycles. The van der Waals surface area contributed by atoms with E-state index in [9.17, 15) is 9.59 Å². The van der Waals surface area contributed by atoms with E-state index in [2.05, 4.69) is 6.58 Å². The fourth-order valence-electron chi connectivity index (χ4n) is 0.650. The van der Waals surface area contributed by atoms with Gasteiger partial charge in [0.25, 0.3) is 0 Å². The number of anilines is 2. The SMILES string of the molecule is C=C(C(=O)O)C(=O)O.Nc1cccc(N)c1. The number of rotatable bonds is 2. The van der Waals surface area contributed by atoms with Gasteiger partial charge in [-0.1, -0.05) is 12.6 Å². The maximum Gasteiger partial charge on any atom is 0.342 e. The van der Waals surface area contributed by atoms with Gasteiger partial charge >= 0.3 is 11.9 Å². The van der Waals surface area contributed by atoms with Crippen molar-refractivity contribution in [3.8, 4) is 0 Å². The molecule has 0 saturated heterocycles. The molecule has 0 amide bonds. The molecule has 0 spiro atoms. The van der Waals surface area contributed by atoms with Crippen molar-refractivity contribution in [2.24, 2.45) is 0 Å². The summed E-state index contributed by atoms with van der Waals surface area (Å²) >= 11 is 0. The van der Waals surface area contributed by atoms with Gasteiger partial charge in [0.15, 0.2) is 0 Å². The van der Waals surface area contributed by atoms with Gasteiger partial charge in [-0.25, -0.2) is 9.59 Å². The molecule has 0 aliphatic rings. The molecular weight excluding hydrogens is 212 g/mol. The number of benzene rings is 1. The van der Waals surface area contributed by atoms with Crippen molar-refractivity contribution in [1.82, 2.24) is 0 Å². The average Bonchev–Trinajstić information content (AvgIpc) is 2.16. The van der Waals surface area contributed by atoms with Crippen LogP contribution in [0.3, 0.4) is 0 Å². The Bertz CT molecular complexity index is 382. The summed E-state index contributed by atoms with van der Waals surface area (Å²) in [6, 6.07) is 7.15. The summed E-state index contributed by atoms with van der Waals surface area (Å²) in [5.74, 6) is -3.00. The van der Waals surface area contributed by atoms with Crippen LogP contribution in [0.25, 0.3) is 0 Å². The highest BCUT2D eigenvalue weighted by Crippen LogP contribution is 2.06. The molecule has 0 aliphatic carbocycles. The number of carboxylic acids is 2. The number of carboxylic acid groups (broad SMARTS) is 2. The Morgan fingerprint density at radius 1 is 1.06 bits per heavy atom. The summed E-state index contributed by atoms with van der Waals surface area (Å²) in [5.41, 5.74) is 11.4. The van der Waals surface area contributed by atoms with E-state index in [1.807, 2.05) is 6.07 Å². The third-order valence-corrected chi connectivity index (χ3v) is 1.43. The van der Waals surface area contributed by atoms with Crippen molar-refractivity contribution in [2.75, 3.05) is 11.5 Å². The number of carbonyl (C=O) groups is 2. The van der Waals surface area contributed by atoms with Crippen LogP contribution >= 0.6 is 0 Å². The van der Waals surface area contributed by atoms with E-state index in [1.165, 1.54) is 0 Å². The van der Waals surface area contributed by atoms with Crippen molar-refractivity contribution >= 4 is 23.3 Å². The molecule has 1 aromatic rings. The van der Waals surface area contributed by atoms with Gasteiger partial charge in [-0.15, -0.1) is 0 Å². The van der Waals surface area contributed by atoms with E-state index in [0.717, 1.165) is 0 Å². The zero-order chi connectivity index (χ0) is 12.7. The van der Waals surface area contributed by atoms with Crippen LogP contribution in [0.2, 0.25) is 0 Å². The third-order valence-electron chi connectivity index (χ3n) is 1.43. The summed E-state index contributed by atoms with van der Waals surface area (Å²) < 4.78 is 0. The molecule has 6 N–H and O–H groups in total. The zero-order valence-corrected chi connectivity index (χ0v) is 8.38. The quantitative estimate of drug-likeness (QED) is 0.251. The van der Waals surface area contributed by atoms with E-state index >= 15 is 0 Å². The van der Waals surface area contributed by atoms with Crippen molar-refractivity contribution in [1.29, 1.82) is 0 Å². The van der Waals surface area contributed by atoms with Crippen LogP contribution in [0.15, 0.2) is 36.4 Å². The molecule has 86 valence electrons. The van der Waals surface area contributed by atoms with Crippen molar-refractivity contribution < 1.29 is 19.8 Å². The Balaban J connectivity index is 0.000000281. The molecule has 0 atom stereocenters. The van der Waals surface area contributed by atoms with Crippen molar-refractivity contribution in [3.05, 3.63) is 36.4 Å². The van der Waals surface area contributed by atoms with Gasteiger partial charge in [0.2, 0.25) is 0 Å². The highest BCUT2D eigenvalue weighted by Gasteiger charge is 2.10.